The van der Waals surface area contributed by atoms with Gasteiger partial charge in [0.15, 0.2) is 11.7 Å². The maximum absolute atomic E-state index is 11.8. The standard InChI is InChI=1S/C15H12N2O2S/c18-14(17-15-16-8-9-20-15)10-19-13-7-3-5-11-4-1-2-6-12(11)13/h1-9H,10H2,(H,16,17,18). The van der Waals surface area contributed by atoms with Crippen molar-refractivity contribution in [3.63, 3.8) is 0 Å². The lowest BCUT2D eigenvalue weighted by Crippen LogP contribution is -2.20. The second-order valence-corrected chi connectivity index (χ2v) is 5.05. The van der Waals surface area contributed by atoms with E-state index < -0.39 is 0 Å². The molecule has 0 aliphatic rings. The van der Waals surface area contributed by atoms with Gasteiger partial charge in [-0.2, -0.15) is 0 Å². The number of ether oxygens (including phenoxy) is 1. The van der Waals surface area contributed by atoms with Crippen LogP contribution in [0.4, 0.5) is 5.13 Å². The fourth-order valence-corrected chi connectivity index (χ4v) is 2.45. The van der Waals surface area contributed by atoms with E-state index in [0.29, 0.717) is 10.9 Å². The minimum atomic E-state index is -0.215. The maximum atomic E-state index is 11.8. The molecule has 1 N–H and O–H groups in total. The van der Waals surface area contributed by atoms with E-state index in [1.165, 1.54) is 11.3 Å². The minimum Gasteiger partial charge on any atom is -0.483 e. The molecule has 1 aromatic heterocycles. The molecule has 1 amide bonds. The Morgan fingerprint density at radius 2 is 2.05 bits per heavy atom. The lowest BCUT2D eigenvalue weighted by atomic mass is 10.1. The van der Waals surface area contributed by atoms with Gasteiger partial charge in [-0.25, -0.2) is 4.98 Å². The maximum Gasteiger partial charge on any atom is 0.264 e. The van der Waals surface area contributed by atoms with Crippen LogP contribution in [0, 0.1) is 0 Å². The summed E-state index contributed by atoms with van der Waals surface area (Å²) < 4.78 is 5.59. The Bertz CT molecular complexity index is 720. The first-order chi connectivity index (χ1) is 9.83. The fraction of sp³-hybridized carbons (Fsp3) is 0.0667. The monoisotopic (exact) mass is 284 g/mol. The normalized spacial score (nSPS) is 10.4. The molecule has 20 heavy (non-hydrogen) atoms. The third-order valence-corrected chi connectivity index (χ3v) is 3.48. The Balaban J connectivity index is 1.69. The molecular formula is C15H12N2O2S. The summed E-state index contributed by atoms with van der Waals surface area (Å²) in [5.41, 5.74) is 0. The highest BCUT2D eigenvalue weighted by molar-refractivity contribution is 7.13. The summed E-state index contributed by atoms with van der Waals surface area (Å²) in [6, 6.07) is 13.7. The number of rotatable bonds is 4. The van der Waals surface area contributed by atoms with E-state index in [4.69, 9.17) is 4.74 Å². The van der Waals surface area contributed by atoms with E-state index in [1.54, 1.807) is 11.6 Å². The summed E-state index contributed by atoms with van der Waals surface area (Å²) in [6.07, 6.45) is 1.64. The van der Waals surface area contributed by atoms with Gasteiger partial charge >= 0.3 is 0 Å². The summed E-state index contributed by atoms with van der Waals surface area (Å²) in [7, 11) is 0. The first kappa shape index (κ1) is 12.6. The van der Waals surface area contributed by atoms with Gasteiger partial charge in [0.2, 0.25) is 0 Å². The Morgan fingerprint density at radius 3 is 2.90 bits per heavy atom. The zero-order valence-corrected chi connectivity index (χ0v) is 11.4. The zero-order chi connectivity index (χ0) is 13.8. The predicted molar refractivity (Wildman–Crippen MR) is 80.2 cm³/mol. The first-order valence-electron chi connectivity index (χ1n) is 6.13. The number of carbonyl (C=O) groups excluding carboxylic acids is 1. The van der Waals surface area contributed by atoms with Crippen LogP contribution in [0.5, 0.6) is 5.75 Å². The van der Waals surface area contributed by atoms with Crippen LogP contribution < -0.4 is 10.1 Å². The number of nitrogens with one attached hydrogen (secondary N) is 1. The van der Waals surface area contributed by atoms with Crippen LogP contribution in [0.25, 0.3) is 10.8 Å². The summed E-state index contributed by atoms with van der Waals surface area (Å²) in [5.74, 6) is 0.491. The topological polar surface area (TPSA) is 51.2 Å². The molecule has 0 saturated carbocycles. The quantitative estimate of drug-likeness (QED) is 0.799. The van der Waals surface area contributed by atoms with E-state index >= 15 is 0 Å². The molecule has 4 nitrogen and oxygen atoms in total. The molecule has 100 valence electrons. The lowest BCUT2D eigenvalue weighted by Gasteiger charge is -2.08. The smallest absolute Gasteiger partial charge is 0.264 e. The van der Waals surface area contributed by atoms with Crippen LogP contribution in [0.15, 0.2) is 54.0 Å². The molecule has 3 aromatic rings. The van der Waals surface area contributed by atoms with Crippen molar-refractivity contribution >= 4 is 33.1 Å². The van der Waals surface area contributed by atoms with Gasteiger partial charge in [-0.1, -0.05) is 36.4 Å². The lowest BCUT2D eigenvalue weighted by molar-refractivity contribution is -0.118. The van der Waals surface area contributed by atoms with Gasteiger partial charge in [0.05, 0.1) is 0 Å². The molecule has 0 fully saturated rings. The molecule has 2 aromatic carbocycles. The molecule has 0 bridgehead atoms. The second-order valence-electron chi connectivity index (χ2n) is 4.15. The van der Waals surface area contributed by atoms with Gasteiger partial charge in [-0.3, -0.25) is 10.1 Å². The largest absolute Gasteiger partial charge is 0.483 e. The molecule has 0 aliphatic carbocycles. The van der Waals surface area contributed by atoms with Crippen molar-refractivity contribution in [1.29, 1.82) is 0 Å². The summed E-state index contributed by atoms with van der Waals surface area (Å²) >= 11 is 1.38. The minimum absolute atomic E-state index is 0.0341. The van der Waals surface area contributed by atoms with Gasteiger partial charge < -0.3 is 4.74 Å². The molecule has 0 atom stereocenters. The van der Waals surface area contributed by atoms with Crippen LogP contribution in [0.3, 0.4) is 0 Å². The molecule has 0 spiro atoms. The van der Waals surface area contributed by atoms with E-state index in [1.807, 2.05) is 42.5 Å². The third kappa shape index (κ3) is 2.78. The van der Waals surface area contributed by atoms with Crippen molar-refractivity contribution < 1.29 is 9.53 Å². The molecule has 0 saturated heterocycles. The summed E-state index contributed by atoms with van der Waals surface area (Å²) in [6.45, 7) is -0.0341. The van der Waals surface area contributed by atoms with E-state index in [9.17, 15) is 4.79 Å². The predicted octanol–water partition coefficient (Wildman–Crippen LogP) is 3.31. The van der Waals surface area contributed by atoms with Crippen molar-refractivity contribution in [2.75, 3.05) is 11.9 Å². The summed E-state index contributed by atoms with van der Waals surface area (Å²) in [4.78, 5) is 15.7. The van der Waals surface area contributed by atoms with Crippen LogP contribution in [-0.4, -0.2) is 17.5 Å². The van der Waals surface area contributed by atoms with Crippen LogP contribution >= 0.6 is 11.3 Å². The molecule has 0 aliphatic heterocycles. The number of carbonyl (C=O) groups is 1. The van der Waals surface area contributed by atoms with Gasteiger partial charge in [0, 0.05) is 17.0 Å². The van der Waals surface area contributed by atoms with Gasteiger partial charge in [0.1, 0.15) is 5.75 Å². The van der Waals surface area contributed by atoms with Crippen molar-refractivity contribution in [3.8, 4) is 5.75 Å². The Hall–Kier alpha value is -2.40. The second kappa shape index (κ2) is 5.71. The average molecular weight is 284 g/mol. The number of aromatic nitrogens is 1. The van der Waals surface area contributed by atoms with E-state index in [0.717, 1.165) is 10.8 Å². The number of benzene rings is 2. The highest BCUT2D eigenvalue weighted by atomic mass is 32.1. The zero-order valence-electron chi connectivity index (χ0n) is 10.6. The summed E-state index contributed by atoms with van der Waals surface area (Å²) in [5, 5.41) is 7.16. The number of nitrogens with zero attached hydrogens (tertiary/aromatic N) is 1. The number of thiazole rings is 1. The number of amides is 1. The van der Waals surface area contributed by atoms with Crippen molar-refractivity contribution in [1.82, 2.24) is 4.98 Å². The Labute approximate surface area is 120 Å². The van der Waals surface area contributed by atoms with Crippen LogP contribution in [0.2, 0.25) is 0 Å². The number of fused-ring (bicyclic) bond motifs is 1. The van der Waals surface area contributed by atoms with Gasteiger partial charge in [-0.05, 0) is 11.5 Å². The third-order valence-electron chi connectivity index (χ3n) is 2.79. The molecule has 3 rings (SSSR count). The Kier molecular flexibility index (Phi) is 3.60. The Morgan fingerprint density at radius 1 is 1.20 bits per heavy atom. The van der Waals surface area contributed by atoms with Crippen molar-refractivity contribution in [2.24, 2.45) is 0 Å². The molecule has 5 heteroatoms. The van der Waals surface area contributed by atoms with E-state index in [-0.39, 0.29) is 12.5 Å². The SMILES string of the molecule is O=C(COc1cccc2ccccc12)Nc1nccs1. The van der Waals surface area contributed by atoms with Crippen LogP contribution in [0.1, 0.15) is 0 Å². The number of hydrogen-bond acceptors (Lipinski definition) is 4. The molecule has 0 unspecified atom stereocenters. The van der Waals surface area contributed by atoms with Gasteiger partial charge in [-0.15, -0.1) is 11.3 Å². The van der Waals surface area contributed by atoms with Gasteiger partial charge in [0.25, 0.3) is 5.91 Å². The number of anilines is 1. The molecule has 1 heterocycles. The highest BCUT2D eigenvalue weighted by Crippen LogP contribution is 2.25. The average Bonchev–Trinajstić information content (AvgIpc) is 2.98. The van der Waals surface area contributed by atoms with Crippen molar-refractivity contribution in [2.45, 2.75) is 0 Å². The fourth-order valence-electron chi connectivity index (χ4n) is 1.91. The first-order valence-corrected chi connectivity index (χ1v) is 7.01. The number of hydrogen-bond donors (Lipinski definition) is 1. The van der Waals surface area contributed by atoms with E-state index in [2.05, 4.69) is 10.3 Å². The van der Waals surface area contributed by atoms with Crippen LogP contribution in [-0.2, 0) is 4.79 Å². The molecule has 0 radical (unpaired) electrons. The van der Waals surface area contributed by atoms with Crippen molar-refractivity contribution in [3.05, 3.63) is 54.0 Å². The highest BCUT2D eigenvalue weighted by Gasteiger charge is 2.07. The molecular weight excluding hydrogens is 272 g/mol.